The first kappa shape index (κ1) is 18.6. The van der Waals surface area contributed by atoms with Crippen LogP contribution in [0.15, 0.2) is 43.0 Å². The highest BCUT2D eigenvalue weighted by atomic mass is 16.2. The summed E-state index contributed by atoms with van der Waals surface area (Å²) in [4.78, 5) is 30.7. The molecule has 0 spiro atoms. The summed E-state index contributed by atoms with van der Waals surface area (Å²) < 4.78 is 2.22. The normalized spacial score (nSPS) is 17.4. The largest absolute Gasteiger partial charge is 0.338 e. The van der Waals surface area contributed by atoms with Gasteiger partial charge in [-0.05, 0) is 39.1 Å². The van der Waals surface area contributed by atoms with Crippen molar-refractivity contribution in [1.29, 1.82) is 0 Å². The van der Waals surface area contributed by atoms with E-state index in [1.165, 1.54) is 0 Å². The minimum Gasteiger partial charge on any atom is -0.338 e. The summed E-state index contributed by atoms with van der Waals surface area (Å²) in [6, 6.07) is 5.61. The molecule has 1 aliphatic rings. The monoisotopic (exact) mass is 378 g/mol. The van der Waals surface area contributed by atoms with Gasteiger partial charge in [0.25, 0.3) is 5.91 Å². The quantitative estimate of drug-likeness (QED) is 0.682. The van der Waals surface area contributed by atoms with Gasteiger partial charge in [0.2, 0.25) is 0 Å². The maximum Gasteiger partial charge on any atom is 0.256 e. The molecule has 4 rings (SSSR count). The topological polar surface area (TPSA) is 67.2 Å². The Hall–Kier alpha value is -2.80. The molecule has 1 saturated heterocycles. The highest BCUT2D eigenvalue weighted by Crippen LogP contribution is 2.27. The average molecular weight is 378 g/mol. The predicted octanol–water partition coefficient (Wildman–Crippen LogP) is 2.41. The number of rotatable bonds is 5. The molecule has 0 bridgehead atoms. The van der Waals surface area contributed by atoms with Crippen molar-refractivity contribution in [3.05, 3.63) is 54.4 Å². The van der Waals surface area contributed by atoms with Crippen molar-refractivity contribution in [3.63, 3.8) is 0 Å². The van der Waals surface area contributed by atoms with Crippen LogP contribution in [0.2, 0.25) is 0 Å². The number of para-hydroxylation sites is 1. The van der Waals surface area contributed by atoms with Gasteiger partial charge in [-0.2, -0.15) is 0 Å². The Balaban J connectivity index is 1.54. The first-order chi connectivity index (χ1) is 13.6. The van der Waals surface area contributed by atoms with E-state index in [-0.39, 0.29) is 11.8 Å². The van der Waals surface area contributed by atoms with E-state index in [2.05, 4.69) is 38.5 Å². The number of hydrogen-bond acceptors (Lipinski definition) is 5. The van der Waals surface area contributed by atoms with Crippen LogP contribution in [0.4, 0.5) is 0 Å². The fraction of sp³-hybridized carbons (Fsp3) is 0.429. The molecule has 1 atom stereocenters. The average Bonchev–Trinajstić information content (AvgIpc) is 3.20. The molecule has 0 unspecified atom stereocenters. The Morgan fingerprint density at radius 3 is 2.89 bits per heavy atom. The van der Waals surface area contributed by atoms with E-state index >= 15 is 0 Å². The molecule has 3 aromatic rings. The Kier molecular flexibility index (Phi) is 5.34. The second-order valence-electron chi connectivity index (χ2n) is 7.60. The lowest BCUT2D eigenvalue weighted by molar-refractivity contribution is 0.0705. The molecule has 7 nitrogen and oxygen atoms in total. The number of piperidine rings is 1. The summed E-state index contributed by atoms with van der Waals surface area (Å²) in [6.07, 6.45) is 9.23. The van der Waals surface area contributed by atoms with Gasteiger partial charge in [0.1, 0.15) is 11.3 Å². The summed E-state index contributed by atoms with van der Waals surface area (Å²) >= 11 is 0. The number of carbonyl (C=O) groups is 1. The number of imidazole rings is 1. The Bertz CT molecular complexity index is 961. The molecule has 146 valence electrons. The number of aromatic nitrogens is 4. The highest BCUT2D eigenvalue weighted by molar-refractivity contribution is 6.04. The van der Waals surface area contributed by atoms with Crippen molar-refractivity contribution < 1.29 is 4.79 Å². The molecule has 2 aromatic heterocycles. The summed E-state index contributed by atoms with van der Waals surface area (Å²) in [5.41, 5.74) is 2.05. The van der Waals surface area contributed by atoms with Gasteiger partial charge in [0.05, 0.1) is 11.1 Å². The lowest BCUT2D eigenvalue weighted by Crippen LogP contribution is -2.40. The molecule has 1 amide bonds. The van der Waals surface area contributed by atoms with Crippen LogP contribution < -0.4 is 0 Å². The number of nitrogens with zero attached hydrogens (tertiary/aromatic N) is 6. The number of benzene rings is 1. The lowest BCUT2D eigenvalue weighted by atomic mass is 9.96. The molecule has 1 aliphatic heterocycles. The van der Waals surface area contributed by atoms with Crippen LogP contribution in [-0.2, 0) is 6.54 Å². The molecule has 1 fully saturated rings. The molecule has 1 aromatic carbocycles. The van der Waals surface area contributed by atoms with Gasteiger partial charge >= 0.3 is 0 Å². The third kappa shape index (κ3) is 3.75. The van der Waals surface area contributed by atoms with Crippen molar-refractivity contribution in [2.24, 2.45) is 0 Å². The highest BCUT2D eigenvalue weighted by Gasteiger charge is 2.29. The molecule has 0 aliphatic carbocycles. The first-order valence-electron chi connectivity index (χ1n) is 9.78. The third-order valence-electron chi connectivity index (χ3n) is 5.34. The fourth-order valence-corrected chi connectivity index (χ4v) is 3.89. The zero-order valence-corrected chi connectivity index (χ0v) is 16.5. The van der Waals surface area contributed by atoms with Crippen LogP contribution in [0.1, 0.15) is 34.9 Å². The zero-order valence-electron chi connectivity index (χ0n) is 16.5. The van der Waals surface area contributed by atoms with Crippen molar-refractivity contribution in [3.8, 4) is 0 Å². The van der Waals surface area contributed by atoms with Crippen LogP contribution in [0.3, 0.4) is 0 Å². The van der Waals surface area contributed by atoms with E-state index in [4.69, 9.17) is 0 Å². The van der Waals surface area contributed by atoms with E-state index in [0.29, 0.717) is 17.6 Å². The maximum atomic E-state index is 13.3. The van der Waals surface area contributed by atoms with E-state index < -0.39 is 0 Å². The maximum absolute atomic E-state index is 13.3. The number of hydrogen-bond donors (Lipinski definition) is 0. The number of likely N-dealkylation sites (N-methyl/N-ethyl adjacent to an activating group) is 1. The Morgan fingerprint density at radius 2 is 2.04 bits per heavy atom. The molecule has 0 radical (unpaired) electrons. The van der Waals surface area contributed by atoms with Crippen molar-refractivity contribution >= 4 is 16.9 Å². The van der Waals surface area contributed by atoms with Gasteiger partial charge < -0.3 is 14.4 Å². The molecule has 28 heavy (non-hydrogen) atoms. The molecule has 0 N–H and O–H groups in total. The van der Waals surface area contributed by atoms with Crippen molar-refractivity contribution in [2.45, 2.75) is 25.3 Å². The second kappa shape index (κ2) is 8.06. The van der Waals surface area contributed by atoms with Gasteiger partial charge in [0, 0.05) is 56.9 Å². The van der Waals surface area contributed by atoms with Gasteiger partial charge in [0.15, 0.2) is 0 Å². The number of fused-ring (bicyclic) bond motifs is 1. The fourth-order valence-electron chi connectivity index (χ4n) is 3.89. The van der Waals surface area contributed by atoms with Gasteiger partial charge in [-0.15, -0.1) is 0 Å². The van der Waals surface area contributed by atoms with E-state index in [1.54, 1.807) is 12.4 Å². The number of carbonyl (C=O) groups excluding carboxylic acids is 1. The van der Waals surface area contributed by atoms with Crippen molar-refractivity contribution in [1.82, 2.24) is 29.3 Å². The van der Waals surface area contributed by atoms with Crippen molar-refractivity contribution in [2.75, 3.05) is 33.7 Å². The molecular formula is C21H26N6O. The summed E-state index contributed by atoms with van der Waals surface area (Å²) in [6.45, 7) is 3.33. The second-order valence-corrected chi connectivity index (χ2v) is 7.60. The van der Waals surface area contributed by atoms with E-state index in [9.17, 15) is 4.79 Å². The molecular weight excluding hydrogens is 352 g/mol. The van der Waals surface area contributed by atoms with Crippen LogP contribution in [0, 0.1) is 0 Å². The number of likely N-dealkylation sites (tertiary alicyclic amines) is 1. The van der Waals surface area contributed by atoms with Crippen LogP contribution >= 0.6 is 0 Å². The minimum atomic E-state index is 0.0298. The zero-order chi connectivity index (χ0) is 19.5. The minimum absolute atomic E-state index is 0.0298. The summed E-state index contributed by atoms with van der Waals surface area (Å²) in [7, 11) is 4.15. The molecule has 7 heteroatoms. The summed E-state index contributed by atoms with van der Waals surface area (Å²) in [5.74, 6) is 1.37. The van der Waals surface area contributed by atoms with Gasteiger partial charge in [-0.3, -0.25) is 14.8 Å². The van der Waals surface area contributed by atoms with Crippen LogP contribution in [0.25, 0.3) is 11.0 Å². The van der Waals surface area contributed by atoms with Crippen LogP contribution in [0.5, 0.6) is 0 Å². The third-order valence-corrected chi connectivity index (χ3v) is 5.34. The lowest BCUT2D eigenvalue weighted by Gasteiger charge is -2.33. The van der Waals surface area contributed by atoms with Gasteiger partial charge in [-0.1, -0.05) is 6.07 Å². The predicted molar refractivity (Wildman–Crippen MR) is 108 cm³/mol. The molecule has 0 saturated carbocycles. The number of amides is 1. The Labute approximate surface area is 165 Å². The Morgan fingerprint density at radius 1 is 1.18 bits per heavy atom. The summed E-state index contributed by atoms with van der Waals surface area (Å²) in [5, 5.41) is 0. The smallest absolute Gasteiger partial charge is 0.256 e. The van der Waals surface area contributed by atoms with Crippen LogP contribution in [-0.4, -0.2) is 69.0 Å². The first-order valence-corrected chi connectivity index (χ1v) is 9.78. The van der Waals surface area contributed by atoms with Gasteiger partial charge in [-0.25, -0.2) is 4.98 Å². The molecule has 3 heterocycles. The SMILES string of the molecule is CN(C)CCn1ccnc1[C@H]1CCCN(C(=O)c2cccc3nccnc23)C1. The van der Waals surface area contributed by atoms with E-state index in [0.717, 1.165) is 43.8 Å². The van der Waals surface area contributed by atoms with E-state index in [1.807, 2.05) is 35.5 Å². The standard InChI is InChI=1S/C21H26N6O/c1-25(2)13-14-26-12-10-24-20(26)16-5-4-11-27(15-16)21(28)17-6-3-7-18-19(17)23-9-8-22-18/h3,6-10,12,16H,4-5,11,13-15H2,1-2H3/t16-/m0/s1.